The van der Waals surface area contributed by atoms with E-state index in [1.165, 1.54) is 29.8 Å². The Morgan fingerprint density at radius 3 is 2.70 bits per heavy atom. The van der Waals surface area contributed by atoms with Crippen molar-refractivity contribution in [2.75, 3.05) is 26.2 Å². The van der Waals surface area contributed by atoms with Crippen molar-refractivity contribution in [2.45, 2.75) is 57.8 Å². The summed E-state index contributed by atoms with van der Waals surface area (Å²) in [6.45, 7) is 4.38. The van der Waals surface area contributed by atoms with Crippen LogP contribution >= 0.6 is 11.3 Å². The Hall–Kier alpha value is -3.40. The molecule has 2 aliphatic rings. The number of allylic oxidation sites excluding steroid dienone is 1. The molecule has 4 rings (SSSR count). The summed E-state index contributed by atoms with van der Waals surface area (Å²) in [5, 5.41) is 5.64. The van der Waals surface area contributed by atoms with Gasteiger partial charge in [0.1, 0.15) is 11.4 Å². The summed E-state index contributed by atoms with van der Waals surface area (Å²) < 4.78 is 5.41. The maximum absolute atomic E-state index is 12.5. The first kappa shape index (κ1) is 26.7. The quantitative estimate of drug-likeness (QED) is 0.349. The van der Waals surface area contributed by atoms with Crippen molar-refractivity contribution in [1.29, 1.82) is 0 Å². The molecule has 3 N–H and O–H groups in total. The van der Waals surface area contributed by atoms with Crippen molar-refractivity contribution in [3.63, 3.8) is 0 Å². The Morgan fingerprint density at radius 2 is 1.95 bits per heavy atom. The number of carbonyl (C=O) groups is 3. The number of likely N-dealkylation sites (tertiary alicyclic amines) is 1. The van der Waals surface area contributed by atoms with Crippen LogP contribution in [0, 0.1) is 0 Å². The lowest BCUT2D eigenvalue weighted by molar-refractivity contribution is 0.0844. The molecule has 1 aliphatic carbocycles. The summed E-state index contributed by atoms with van der Waals surface area (Å²) in [4.78, 5) is 43.8. The molecule has 1 aromatic carbocycles. The van der Waals surface area contributed by atoms with Crippen LogP contribution in [0.15, 0.2) is 41.3 Å². The maximum Gasteiger partial charge on any atom is 0.317 e. The average Bonchev–Trinajstić information content (AvgIpc) is 3.43. The molecule has 0 unspecified atom stereocenters. The molecule has 37 heavy (non-hydrogen) atoms. The van der Waals surface area contributed by atoms with E-state index in [4.69, 9.17) is 4.74 Å². The molecular weight excluding hydrogens is 490 g/mol. The van der Waals surface area contributed by atoms with E-state index >= 15 is 0 Å². The lowest BCUT2D eigenvalue weighted by Crippen LogP contribution is -2.44. The summed E-state index contributed by atoms with van der Waals surface area (Å²) in [6, 6.07) is 6.75. The summed E-state index contributed by atoms with van der Waals surface area (Å²) in [7, 11) is 0. The van der Waals surface area contributed by atoms with Gasteiger partial charge in [-0.05, 0) is 70.1 Å². The van der Waals surface area contributed by atoms with Crippen LogP contribution in [0.5, 0.6) is 5.75 Å². The van der Waals surface area contributed by atoms with Crippen molar-refractivity contribution in [3.05, 3.63) is 57.6 Å². The average molecular weight is 526 g/mol. The van der Waals surface area contributed by atoms with Crippen LogP contribution in [-0.2, 0) is 0 Å². The number of rotatable bonds is 8. The second-order valence-corrected chi connectivity index (χ2v) is 10.2. The Morgan fingerprint density at radius 1 is 1.14 bits per heavy atom. The number of nitrogens with one attached hydrogen (secondary N) is 3. The molecule has 0 spiro atoms. The molecule has 1 aromatic heterocycles. The third-order valence-corrected chi connectivity index (χ3v) is 7.70. The third-order valence-electron chi connectivity index (χ3n) is 6.69. The fourth-order valence-electron chi connectivity index (χ4n) is 4.63. The first-order chi connectivity index (χ1) is 18.0. The SMILES string of the molecule is CCOc1cccc(C(=O)NNC(=O)c2csc(C3CCN(C(=O)NCCC4=CCCCC4)CC3)n2)c1. The fraction of sp³-hybridized carbons (Fsp3) is 0.481. The molecular formula is C27H35N5O4S. The van der Waals surface area contributed by atoms with Crippen molar-refractivity contribution < 1.29 is 19.1 Å². The number of aromatic nitrogens is 1. The molecule has 1 saturated heterocycles. The monoisotopic (exact) mass is 525 g/mol. The second-order valence-electron chi connectivity index (χ2n) is 9.29. The van der Waals surface area contributed by atoms with Gasteiger partial charge in [0, 0.05) is 36.5 Å². The van der Waals surface area contributed by atoms with Crippen LogP contribution in [0.4, 0.5) is 4.79 Å². The van der Waals surface area contributed by atoms with Gasteiger partial charge >= 0.3 is 6.03 Å². The number of benzene rings is 1. The minimum absolute atomic E-state index is 0.00315. The Kier molecular flexibility index (Phi) is 9.53. The van der Waals surface area contributed by atoms with Crippen LogP contribution < -0.4 is 20.9 Å². The van der Waals surface area contributed by atoms with E-state index in [1.807, 2.05) is 11.8 Å². The first-order valence-electron chi connectivity index (χ1n) is 13.0. The Bertz CT molecular complexity index is 1120. The molecule has 1 aliphatic heterocycles. The number of nitrogens with zero attached hydrogens (tertiary/aromatic N) is 2. The van der Waals surface area contributed by atoms with Gasteiger partial charge in [0.2, 0.25) is 0 Å². The van der Waals surface area contributed by atoms with Crippen molar-refractivity contribution in [2.24, 2.45) is 0 Å². The highest BCUT2D eigenvalue weighted by atomic mass is 32.1. The molecule has 2 aromatic rings. The van der Waals surface area contributed by atoms with Gasteiger partial charge in [-0.1, -0.05) is 17.7 Å². The minimum Gasteiger partial charge on any atom is -0.494 e. The number of urea groups is 1. The van der Waals surface area contributed by atoms with Crippen LogP contribution in [0.1, 0.15) is 83.6 Å². The summed E-state index contributed by atoms with van der Waals surface area (Å²) in [6.07, 6.45) is 9.72. The zero-order chi connectivity index (χ0) is 26.0. The number of hydrogen-bond donors (Lipinski definition) is 3. The van der Waals surface area contributed by atoms with E-state index in [2.05, 4.69) is 27.2 Å². The topological polar surface area (TPSA) is 113 Å². The van der Waals surface area contributed by atoms with E-state index in [-0.39, 0.29) is 17.6 Å². The summed E-state index contributed by atoms with van der Waals surface area (Å²) in [5.41, 5.74) is 6.97. The fourth-order valence-corrected chi connectivity index (χ4v) is 5.60. The van der Waals surface area contributed by atoms with Crippen molar-refractivity contribution >= 4 is 29.2 Å². The van der Waals surface area contributed by atoms with Gasteiger partial charge in [0.05, 0.1) is 11.6 Å². The number of hydrogen-bond acceptors (Lipinski definition) is 6. The Labute approximate surface area is 221 Å². The number of amides is 4. The van der Waals surface area contributed by atoms with Crippen LogP contribution in [-0.4, -0.2) is 54.0 Å². The molecule has 10 heteroatoms. The van der Waals surface area contributed by atoms with E-state index < -0.39 is 11.8 Å². The van der Waals surface area contributed by atoms with Crippen molar-refractivity contribution in [3.8, 4) is 5.75 Å². The van der Waals surface area contributed by atoms with Gasteiger partial charge in [-0.15, -0.1) is 11.3 Å². The zero-order valence-corrected chi connectivity index (χ0v) is 22.1. The third kappa shape index (κ3) is 7.55. The molecule has 0 saturated carbocycles. The molecule has 198 valence electrons. The largest absolute Gasteiger partial charge is 0.494 e. The first-order valence-corrected chi connectivity index (χ1v) is 13.9. The standard InChI is InChI=1S/C27H35N5O4S/c1-2-36-22-10-6-9-21(17-22)24(33)30-31-25(34)23-18-37-26(29-23)20-12-15-32(16-13-20)27(35)28-14-11-19-7-4-3-5-8-19/h6-7,9-10,17-18,20H,2-5,8,11-16H2,1H3,(H,28,35)(H,30,33)(H,31,34). The molecule has 0 atom stereocenters. The van der Waals surface area contributed by atoms with Crippen molar-refractivity contribution in [1.82, 2.24) is 26.1 Å². The number of ether oxygens (including phenoxy) is 1. The smallest absolute Gasteiger partial charge is 0.317 e. The highest BCUT2D eigenvalue weighted by Crippen LogP contribution is 2.30. The van der Waals surface area contributed by atoms with Crippen LogP contribution in [0.2, 0.25) is 0 Å². The second kappa shape index (κ2) is 13.2. The van der Waals surface area contributed by atoms with E-state index in [0.29, 0.717) is 37.6 Å². The maximum atomic E-state index is 12.5. The highest BCUT2D eigenvalue weighted by Gasteiger charge is 2.26. The van der Waals surface area contributed by atoms with Gasteiger partial charge in [-0.2, -0.15) is 0 Å². The van der Waals surface area contributed by atoms with Gasteiger partial charge in [-0.25, -0.2) is 9.78 Å². The minimum atomic E-state index is -0.471. The molecule has 0 radical (unpaired) electrons. The predicted octanol–water partition coefficient (Wildman–Crippen LogP) is 4.40. The lowest BCUT2D eigenvalue weighted by Gasteiger charge is -2.31. The van der Waals surface area contributed by atoms with Gasteiger partial charge in [-0.3, -0.25) is 20.4 Å². The normalized spacial score (nSPS) is 16.0. The molecule has 4 amide bonds. The van der Waals surface area contributed by atoms with Crippen LogP contribution in [0.25, 0.3) is 0 Å². The lowest BCUT2D eigenvalue weighted by atomic mass is 9.97. The van der Waals surface area contributed by atoms with E-state index in [1.54, 1.807) is 29.6 Å². The van der Waals surface area contributed by atoms with Crippen LogP contribution in [0.3, 0.4) is 0 Å². The molecule has 0 bridgehead atoms. The van der Waals surface area contributed by atoms with E-state index in [0.717, 1.165) is 37.1 Å². The number of carbonyl (C=O) groups excluding carboxylic acids is 3. The number of hydrazine groups is 1. The summed E-state index contributed by atoms with van der Waals surface area (Å²) in [5.74, 6) is -0.113. The van der Waals surface area contributed by atoms with E-state index in [9.17, 15) is 14.4 Å². The van der Waals surface area contributed by atoms with Gasteiger partial charge in [0.25, 0.3) is 11.8 Å². The molecule has 2 heterocycles. The van der Waals surface area contributed by atoms with Gasteiger partial charge in [0.15, 0.2) is 0 Å². The number of piperidine rings is 1. The molecule has 9 nitrogen and oxygen atoms in total. The predicted molar refractivity (Wildman–Crippen MR) is 143 cm³/mol. The number of thiazole rings is 1. The highest BCUT2D eigenvalue weighted by molar-refractivity contribution is 7.09. The van der Waals surface area contributed by atoms with Gasteiger partial charge < -0.3 is 15.0 Å². The molecule has 1 fully saturated rings. The zero-order valence-electron chi connectivity index (χ0n) is 21.3. The Balaban J connectivity index is 1.20. The summed E-state index contributed by atoms with van der Waals surface area (Å²) >= 11 is 1.44.